The summed E-state index contributed by atoms with van der Waals surface area (Å²) in [6, 6.07) is 5.24. The number of benzene rings is 1. The van der Waals surface area contributed by atoms with Crippen LogP contribution in [-0.4, -0.2) is 16.0 Å². The lowest BCUT2D eigenvalue weighted by atomic mass is 10.2. The first kappa shape index (κ1) is 13.9. The zero-order valence-corrected chi connectivity index (χ0v) is 9.98. The number of aromatic nitrogens is 1. The van der Waals surface area contributed by atoms with Gasteiger partial charge in [-0.3, -0.25) is 9.78 Å². The first-order valence-corrected chi connectivity index (χ1v) is 5.49. The molecule has 0 bridgehead atoms. The summed E-state index contributed by atoms with van der Waals surface area (Å²) in [6.07, 6.45) is -2.02. The normalized spacial score (nSPS) is 11.2. The Balaban J connectivity index is 2.12. The Morgan fingerprint density at radius 3 is 2.35 bits per heavy atom. The molecule has 1 aromatic carbocycles. The maximum atomic E-state index is 12.4. The number of pyridine rings is 1. The fourth-order valence-corrected chi connectivity index (χ4v) is 1.50. The highest BCUT2D eigenvalue weighted by atomic mass is 19.4. The molecule has 0 saturated carbocycles. The molecule has 1 aromatic heterocycles. The number of hydrogen-bond donors (Lipinski definition) is 2. The summed E-state index contributed by atoms with van der Waals surface area (Å²) in [5, 5.41) is 11.6. The summed E-state index contributed by atoms with van der Waals surface area (Å²) in [6.45, 7) is 0. The maximum absolute atomic E-state index is 12.4. The van der Waals surface area contributed by atoms with Crippen molar-refractivity contribution in [2.24, 2.45) is 0 Å². The summed E-state index contributed by atoms with van der Waals surface area (Å²) in [4.78, 5) is 15.4. The predicted octanol–water partition coefficient (Wildman–Crippen LogP) is 3.06. The number of amides is 1. The Kier molecular flexibility index (Phi) is 3.60. The summed E-state index contributed by atoms with van der Waals surface area (Å²) in [5.41, 5.74) is -0.481. The number of carbonyl (C=O) groups excluding carboxylic acids is 1. The smallest absolute Gasteiger partial charge is 0.416 e. The van der Waals surface area contributed by atoms with Crippen LogP contribution in [0.25, 0.3) is 0 Å². The number of nitrogens with one attached hydrogen (secondary N) is 1. The fourth-order valence-electron chi connectivity index (χ4n) is 1.50. The fraction of sp³-hybridized carbons (Fsp3) is 0.0769. The monoisotopic (exact) mass is 282 g/mol. The highest BCUT2D eigenvalue weighted by Crippen LogP contribution is 2.29. The van der Waals surface area contributed by atoms with Gasteiger partial charge in [0.25, 0.3) is 5.91 Å². The number of halogens is 3. The number of anilines is 1. The zero-order valence-electron chi connectivity index (χ0n) is 9.98. The summed E-state index contributed by atoms with van der Waals surface area (Å²) < 4.78 is 37.1. The van der Waals surface area contributed by atoms with Crippen LogP contribution in [0.5, 0.6) is 5.75 Å². The first-order valence-electron chi connectivity index (χ1n) is 5.49. The molecule has 0 fully saturated rings. The maximum Gasteiger partial charge on any atom is 0.416 e. The van der Waals surface area contributed by atoms with Gasteiger partial charge in [-0.1, -0.05) is 0 Å². The molecular formula is C13H9F3N2O2. The lowest BCUT2D eigenvalue weighted by Gasteiger charge is -2.08. The average molecular weight is 282 g/mol. The Bertz CT molecular complexity index is 624. The molecule has 4 nitrogen and oxygen atoms in total. The van der Waals surface area contributed by atoms with Gasteiger partial charge in [0.1, 0.15) is 5.75 Å². The number of alkyl halides is 3. The van der Waals surface area contributed by atoms with E-state index in [9.17, 15) is 23.1 Å². The SMILES string of the molecule is O=C(Nc1ccc(C(F)(F)F)cc1)c1cncc(O)c1. The number of rotatable bonds is 2. The highest BCUT2D eigenvalue weighted by Gasteiger charge is 2.29. The molecule has 2 aromatic rings. The van der Waals surface area contributed by atoms with Gasteiger partial charge in [-0.25, -0.2) is 0 Å². The molecule has 0 aliphatic heterocycles. The van der Waals surface area contributed by atoms with Crippen LogP contribution in [0, 0.1) is 0 Å². The number of aromatic hydroxyl groups is 1. The van der Waals surface area contributed by atoms with Crippen LogP contribution >= 0.6 is 0 Å². The predicted molar refractivity (Wildman–Crippen MR) is 65.3 cm³/mol. The van der Waals surface area contributed by atoms with Crippen LogP contribution in [0.3, 0.4) is 0 Å². The summed E-state index contributed by atoms with van der Waals surface area (Å²) in [5.74, 6) is -0.752. The van der Waals surface area contributed by atoms with Crippen LogP contribution in [0.1, 0.15) is 15.9 Å². The van der Waals surface area contributed by atoms with Gasteiger partial charge in [0.05, 0.1) is 17.3 Å². The standard InChI is InChI=1S/C13H9F3N2O2/c14-13(15,16)9-1-3-10(4-2-9)18-12(20)8-5-11(19)7-17-6-8/h1-7,19H,(H,18,20). The van der Waals surface area contributed by atoms with E-state index in [1.54, 1.807) is 0 Å². The van der Waals surface area contributed by atoms with E-state index in [4.69, 9.17) is 0 Å². The van der Waals surface area contributed by atoms with Gasteiger partial charge >= 0.3 is 6.18 Å². The van der Waals surface area contributed by atoms with E-state index in [0.29, 0.717) is 0 Å². The van der Waals surface area contributed by atoms with Crippen molar-refractivity contribution < 1.29 is 23.1 Å². The third kappa shape index (κ3) is 3.25. The second kappa shape index (κ2) is 5.20. The molecular weight excluding hydrogens is 273 g/mol. The van der Waals surface area contributed by atoms with Crippen molar-refractivity contribution in [3.8, 4) is 5.75 Å². The number of carbonyl (C=O) groups is 1. The molecule has 2 N–H and O–H groups in total. The molecule has 0 aliphatic carbocycles. The van der Waals surface area contributed by atoms with Crippen LogP contribution in [0.4, 0.5) is 18.9 Å². The van der Waals surface area contributed by atoms with Crippen LogP contribution in [-0.2, 0) is 6.18 Å². The third-order valence-corrected chi connectivity index (χ3v) is 2.46. The van der Waals surface area contributed by atoms with Gasteiger partial charge in [-0.15, -0.1) is 0 Å². The lowest BCUT2D eigenvalue weighted by molar-refractivity contribution is -0.137. The largest absolute Gasteiger partial charge is 0.506 e. The molecule has 0 unspecified atom stereocenters. The van der Waals surface area contributed by atoms with E-state index in [1.165, 1.54) is 12.3 Å². The van der Waals surface area contributed by atoms with Crippen molar-refractivity contribution in [3.05, 3.63) is 53.9 Å². The second-order valence-electron chi connectivity index (χ2n) is 3.96. The van der Waals surface area contributed by atoms with Gasteiger partial charge in [0.15, 0.2) is 0 Å². The second-order valence-corrected chi connectivity index (χ2v) is 3.96. The Labute approximate surface area is 111 Å². The number of hydrogen-bond acceptors (Lipinski definition) is 3. The molecule has 7 heteroatoms. The Morgan fingerprint density at radius 1 is 1.15 bits per heavy atom. The van der Waals surface area contributed by atoms with Crippen molar-refractivity contribution >= 4 is 11.6 Å². The summed E-state index contributed by atoms with van der Waals surface area (Å²) in [7, 11) is 0. The Morgan fingerprint density at radius 2 is 1.80 bits per heavy atom. The molecule has 0 radical (unpaired) electrons. The van der Waals surface area contributed by atoms with Gasteiger partial charge < -0.3 is 10.4 Å². The van der Waals surface area contributed by atoms with Gasteiger partial charge in [-0.2, -0.15) is 13.2 Å². The molecule has 1 amide bonds. The van der Waals surface area contributed by atoms with Crippen LogP contribution in [0.15, 0.2) is 42.7 Å². The van der Waals surface area contributed by atoms with Gasteiger partial charge in [0.2, 0.25) is 0 Å². The van der Waals surface area contributed by atoms with Crippen LogP contribution < -0.4 is 5.32 Å². The lowest BCUT2D eigenvalue weighted by Crippen LogP contribution is -2.12. The molecule has 0 spiro atoms. The molecule has 104 valence electrons. The van der Waals surface area contributed by atoms with Crippen molar-refractivity contribution in [2.75, 3.05) is 5.32 Å². The topological polar surface area (TPSA) is 62.2 Å². The van der Waals surface area contributed by atoms with Crippen molar-refractivity contribution in [1.29, 1.82) is 0 Å². The van der Waals surface area contributed by atoms with E-state index < -0.39 is 17.6 Å². The molecule has 20 heavy (non-hydrogen) atoms. The summed E-state index contributed by atoms with van der Waals surface area (Å²) >= 11 is 0. The van der Waals surface area contributed by atoms with Crippen molar-refractivity contribution in [2.45, 2.75) is 6.18 Å². The quantitative estimate of drug-likeness (QED) is 0.889. The minimum Gasteiger partial charge on any atom is -0.506 e. The molecule has 0 aliphatic rings. The molecule has 0 atom stereocenters. The zero-order chi connectivity index (χ0) is 14.8. The van der Waals surface area contributed by atoms with Gasteiger partial charge in [0, 0.05) is 11.9 Å². The first-order chi connectivity index (χ1) is 9.36. The molecule has 0 saturated heterocycles. The van der Waals surface area contributed by atoms with E-state index in [2.05, 4.69) is 10.3 Å². The van der Waals surface area contributed by atoms with E-state index >= 15 is 0 Å². The van der Waals surface area contributed by atoms with Crippen LogP contribution in [0.2, 0.25) is 0 Å². The third-order valence-electron chi connectivity index (χ3n) is 2.46. The molecule has 2 rings (SSSR count). The Hall–Kier alpha value is -2.57. The van der Waals surface area contributed by atoms with Gasteiger partial charge in [-0.05, 0) is 30.3 Å². The van der Waals surface area contributed by atoms with E-state index in [0.717, 1.165) is 30.5 Å². The van der Waals surface area contributed by atoms with E-state index in [-0.39, 0.29) is 17.0 Å². The van der Waals surface area contributed by atoms with Crippen molar-refractivity contribution in [3.63, 3.8) is 0 Å². The van der Waals surface area contributed by atoms with E-state index in [1.807, 2.05) is 0 Å². The minimum atomic E-state index is -4.42. The van der Waals surface area contributed by atoms with Crippen molar-refractivity contribution in [1.82, 2.24) is 4.98 Å². The highest BCUT2D eigenvalue weighted by molar-refractivity contribution is 6.04. The average Bonchev–Trinajstić information content (AvgIpc) is 2.38. The minimum absolute atomic E-state index is 0.102. The number of nitrogens with zero attached hydrogens (tertiary/aromatic N) is 1. The molecule has 1 heterocycles.